The maximum atomic E-state index is 5.37. The largest absolute Gasteiger partial charge is 0.339 e. The minimum Gasteiger partial charge on any atom is -0.339 e. The molecular formula is C20H19N5O. The summed E-state index contributed by atoms with van der Waals surface area (Å²) in [5.41, 5.74) is 4.09. The first-order chi connectivity index (χ1) is 12.7. The number of aromatic nitrogens is 5. The first kappa shape index (κ1) is 16.2. The number of hydrogen-bond donors (Lipinski definition) is 0. The highest BCUT2D eigenvalue weighted by Gasteiger charge is 2.11. The third-order valence-electron chi connectivity index (χ3n) is 4.17. The van der Waals surface area contributed by atoms with E-state index in [9.17, 15) is 0 Å². The topological polar surface area (TPSA) is 69.6 Å². The van der Waals surface area contributed by atoms with Crippen LogP contribution < -0.4 is 0 Å². The molecule has 6 heteroatoms. The van der Waals surface area contributed by atoms with Gasteiger partial charge >= 0.3 is 0 Å². The predicted octanol–water partition coefficient (Wildman–Crippen LogP) is 3.72. The third-order valence-corrected chi connectivity index (χ3v) is 4.17. The normalized spacial score (nSPS) is 11.0. The van der Waals surface area contributed by atoms with E-state index in [-0.39, 0.29) is 0 Å². The Morgan fingerprint density at radius 3 is 2.54 bits per heavy atom. The fourth-order valence-electron chi connectivity index (χ4n) is 2.87. The van der Waals surface area contributed by atoms with Crippen LogP contribution in [0.4, 0.5) is 0 Å². The van der Waals surface area contributed by atoms with E-state index in [0.717, 1.165) is 29.2 Å². The predicted molar refractivity (Wildman–Crippen MR) is 98.0 cm³/mol. The molecule has 26 heavy (non-hydrogen) atoms. The smallest absolute Gasteiger partial charge is 0.227 e. The summed E-state index contributed by atoms with van der Waals surface area (Å²) in [6.07, 6.45) is 3.34. The van der Waals surface area contributed by atoms with Gasteiger partial charge in [-0.2, -0.15) is 10.1 Å². The molecule has 0 aliphatic heterocycles. The summed E-state index contributed by atoms with van der Waals surface area (Å²) in [5, 5.41) is 8.52. The molecule has 6 nitrogen and oxygen atoms in total. The van der Waals surface area contributed by atoms with Crippen LogP contribution in [0.1, 0.15) is 22.8 Å². The summed E-state index contributed by atoms with van der Waals surface area (Å²) in [6.45, 7) is 3.97. The van der Waals surface area contributed by atoms with Gasteiger partial charge in [0.25, 0.3) is 0 Å². The van der Waals surface area contributed by atoms with Gasteiger partial charge < -0.3 is 4.52 Å². The van der Waals surface area contributed by atoms with E-state index in [1.807, 2.05) is 54.9 Å². The van der Waals surface area contributed by atoms with Crippen molar-refractivity contribution >= 4 is 0 Å². The monoisotopic (exact) mass is 345 g/mol. The highest BCUT2D eigenvalue weighted by Crippen LogP contribution is 2.18. The van der Waals surface area contributed by atoms with Crippen molar-refractivity contribution in [3.05, 3.63) is 77.6 Å². The molecule has 0 radical (unpaired) electrons. The first-order valence-corrected chi connectivity index (χ1v) is 8.55. The summed E-state index contributed by atoms with van der Waals surface area (Å²) in [6, 6.07) is 16.1. The van der Waals surface area contributed by atoms with Crippen LogP contribution >= 0.6 is 0 Å². The molecule has 4 rings (SSSR count). The molecule has 0 saturated carbocycles. The molecule has 0 aliphatic rings. The van der Waals surface area contributed by atoms with Gasteiger partial charge in [-0.1, -0.05) is 35.5 Å². The lowest BCUT2D eigenvalue weighted by Gasteiger charge is -2.03. The molecule has 130 valence electrons. The zero-order valence-electron chi connectivity index (χ0n) is 14.8. The van der Waals surface area contributed by atoms with Crippen molar-refractivity contribution < 1.29 is 4.52 Å². The van der Waals surface area contributed by atoms with Crippen LogP contribution in [0.2, 0.25) is 0 Å². The van der Waals surface area contributed by atoms with E-state index in [2.05, 4.69) is 32.4 Å². The Labute approximate surface area is 151 Å². The molecule has 1 aromatic carbocycles. The van der Waals surface area contributed by atoms with Crippen molar-refractivity contribution in [3.8, 4) is 17.2 Å². The van der Waals surface area contributed by atoms with E-state index in [0.29, 0.717) is 18.1 Å². The quantitative estimate of drug-likeness (QED) is 0.551. The lowest BCUT2D eigenvalue weighted by Crippen LogP contribution is -2.01. The molecule has 3 heterocycles. The van der Waals surface area contributed by atoms with Gasteiger partial charge in [-0.3, -0.25) is 0 Å². The van der Waals surface area contributed by atoms with Crippen LogP contribution in [0.25, 0.3) is 17.2 Å². The molecule has 0 amide bonds. The van der Waals surface area contributed by atoms with Crippen LogP contribution in [0.15, 0.2) is 59.3 Å². The molecule has 0 spiro atoms. The summed E-state index contributed by atoms with van der Waals surface area (Å²) in [5.74, 6) is 1.96. The highest BCUT2D eigenvalue weighted by atomic mass is 16.5. The second-order valence-corrected chi connectivity index (χ2v) is 6.24. The third kappa shape index (κ3) is 3.39. The number of hydrogen-bond acceptors (Lipinski definition) is 5. The number of aryl methyl sites for hydroxylation is 4. The molecular weight excluding hydrogens is 326 g/mol. The fraction of sp³-hybridized carbons (Fsp3) is 0.200. The van der Waals surface area contributed by atoms with E-state index >= 15 is 0 Å². The molecule has 0 unspecified atom stereocenters. The van der Waals surface area contributed by atoms with Crippen LogP contribution in [0.3, 0.4) is 0 Å². The lowest BCUT2D eigenvalue weighted by atomic mass is 10.1. The molecule has 3 aromatic heterocycles. The van der Waals surface area contributed by atoms with Gasteiger partial charge in [-0.25, -0.2) is 9.67 Å². The number of pyridine rings is 1. The molecule has 0 aliphatic carbocycles. The van der Waals surface area contributed by atoms with Crippen molar-refractivity contribution in [1.82, 2.24) is 24.9 Å². The first-order valence-electron chi connectivity index (χ1n) is 8.55. The van der Waals surface area contributed by atoms with Crippen LogP contribution in [0.5, 0.6) is 0 Å². The molecule has 0 atom stereocenters. The van der Waals surface area contributed by atoms with Gasteiger partial charge in [0.15, 0.2) is 5.82 Å². The van der Waals surface area contributed by atoms with Crippen molar-refractivity contribution in [1.29, 1.82) is 0 Å². The minimum absolute atomic E-state index is 0.556. The van der Waals surface area contributed by atoms with Crippen molar-refractivity contribution in [2.45, 2.75) is 26.7 Å². The van der Waals surface area contributed by atoms with Gasteiger partial charge in [0.2, 0.25) is 11.7 Å². The molecule has 0 bridgehead atoms. The maximum absolute atomic E-state index is 5.37. The zero-order chi connectivity index (χ0) is 17.9. The van der Waals surface area contributed by atoms with E-state index in [4.69, 9.17) is 4.52 Å². The van der Waals surface area contributed by atoms with Gasteiger partial charge in [0, 0.05) is 23.9 Å². The SMILES string of the molecule is Cc1cc(C)n(-c2ccc(-c3noc(CCc4ccccc4)n3)cn2)n1. The van der Waals surface area contributed by atoms with Gasteiger partial charge in [-0.15, -0.1) is 0 Å². The lowest BCUT2D eigenvalue weighted by molar-refractivity contribution is 0.379. The van der Waals surface area contributed by atoms with Crippen LogP contribution in [-0.4, -0.2) is 24.9 Å². The summed E-state index contributed by atoms with van der Waals surface area (Å²) < 4.78 is 7.19. The summed E-state index contributed by atoms with van der Waals surface area (Å²) in [4.78, 5) is 8.96. The Bertz CT molecular complexity index is 1000. The Kier molecular flexibility index (Phi) is 4.31. The van der Waals surface area contributed by atoms with Crippen molar-refractivity contribution in [2.75, 3.05) is 0 Å². The van der Waals surface area contributed by atoms with Crippen molar-refractivity contribution in [3.63, 3.8) is 0 Å². The van der Waals surface area contributed by atoms with Gasteiger partial charge in [0.05, 0.1) is 5.69 Å². The van der Waals surface area contributed by atoms with E-state index < -0.39 is 0 Å². The second-order valence-electron chi connectivity index (χ2n) is 6.24. The van der Waals surface area contributed by atoms with E-state index in [1.54, 1.807) is 6.20 Å². The maximum Gasteiger partial charge on any atom is 0.227 e. The summed E-state index contributed by atoms with van der Waals surface area (Å²) in [7, 11) is 0. The minimum atomic E-state index is 0.556. The number of rotatable bonds is 5. The highest BCUT2D eigenvalue weighted by molar-refractivity contribution is 5.53. The molecule has 0 saturated heterocycles. The molecule has 4 aromatic rings. The Hall–Kier alpha value is -3.28. The average Bonchev–Trinajstić information content (AvgIpc) is 3.27. The summed E-state index contributed by atoms with van der Waals surface area (Å²) >= 11 is 0. The Balaban J connectivity index is 1.48. The zero-order valence-corrected chi connectivity index (χ0v) is 14.8. The number of benzene rings is 1. The average molecular weight is 345 g/mol. The van der Waals surface area contributed by atoms with Gasteiger partial charge in [0.1, 0.15) is 0 Å². The van der Waals surface area contributed by atoms with E-state index in [1.165, 1.54) is 5.56 Å². The Morgan fingerprint density at radius 2 is 1.85 bits per heavy atom. The standard InChI is InChI=1S/C20H19N5O/c1-14-12-15(2)25(23-14)18-10-9-17(13-21-18)20-22-19(26-24-20)11-8-16-6-4-3-5-7-16/h3-7,9-10,12-13H,8,11H2,1-2H3. The van der Waals surface area contributed by atoms with Crippen LogP contribution in [0, 0.1) is 13.8 Å². The molecule has 0 N–H and O–H groups in total. The van der Waals surface area contributed by atoms with Crippen LogP contribution in [-0.2, 0) is 12.8 Å². The number of nitrogens with zero attached hydrogens (tertiary/aromatic N) is 5. The second kappa shape index (κ2) is 6.92. The Morgan fingerprint density at radius 1 is 1.00 bits per heavy atom. The fourth-order valence-corrected chi connectivity index (χ4v) is 2.87. The van der Waals surface area contributed by atoms with Crippen molar-refractivity contribution in [2.24, 2.45) is 0 Å². The van der Waals surface area contributed by atoms with Gasteiger partial charge in [-0.05, 0) is 44.0 Å². The molecule has 0 fully saturated rings.